The zero-order valence-electron chi connectivity index (χ0n) is 12.1. The van der Waals surface area contributed by atoms with E-state index in [1.54, 1.807) is 4.90 Å². The molecule has 0 aliphatic carbocycles. The van der Waals surface area contributed by atoms with E-state index in [0.29, 0.717) is 6.54 Å². The van der Waals surface area contributed by atoms with Crippen LogP contribution in [0, 0.1) is 0 Å². The van der Waals surface area contributed by atoms with Gasteiger partial charge in [-0.25, -0.2) is 8.42 Å². The number of hydrogen-bond acceptors (Lipinski definition) is 4. The van der Waals surface area contributed by atoms with Gasteiger partial charge in [-0.1, -0.05) is 25.1 Å². The minimum absolute atomic E-state index is 0.00648. The zero-order valence-corrected chi connectivity index (χ0v) is 12.9. The van der Waals surface area contributed by atoms with Crippen molar-refractivity contribution in [2.24, 2.45) is 0 Å². The van der Waals surface area contributed by atoms with Gasteiger partial charge in [0, 0.05) is 11.7 Å². The smallest absolute Gasteiger partial charge is 0.241 e. The van der Waals surface area contributed by atoms with Gasteiger partial charge in [0.15, 0.2) is 9.84 Å². The van der Waals surface area contributed by atoms with Crippen LogP contribution in [0.25, 0.3) is 0 Å². The van der Waals surface area contributed by atoms with Gasteiger partial charge in [-0.2, -0.15) is 0 Å². The maximum absolute atomic E-state index is 12.5. The molecule has 2 atom stereocenters. The highest BCUT2D eigenvalue weighted by molar-refractivity contribution is 7.91. The second-order valence-corrected chi connectivity index (χ2v) is 7.94. The lowest BCUT2D eigenvalue weighted by molar-refractivity contribution is -0.123. The normalized spacial score (nSPS) is 28.6. The van der Waals surface area contributed by atoms with E-state index >= 15 is 0 Å². The highest BCUT2D eigenvalue weighted by Crippen LogP contribution is 2.31. The predicted molar refractivity (Wildman–Crippen MR) is 82.0 cm³/mol. The van der Waals surface area contributed by atoms with Crippen LogP contribution in [0.2, 0.25) is 0 Å². The number of para-hydroxylation sites is 1. The minimum Gasteiger partial charge on any atom is -0.306 e. The van der Waals surface area contributed by atoms with Gasteiger partial charge >= 0.3 is 0 Å². The van der Waals surface area contributed by atoms with Crippen LogP contribution in [0.4, 0.5) is 5.69 Å². The summed E-state index contributed by atoms with van der Waals surface area (Å²) in [6, 6.07) is 9.05. The SMILES string of the molecule is CCCN1CC(=O)N(c2ccccc2)[C@@H]2CS(=O)(=O)C[C@@H]21. The Morgan fingerprint density at radius 2 is 1.81 bits per heavy atom. The number of benzene rings is 1. The highest BCUT2D eigenvalue weighted by Gasteiger charge is 2.49. The standard InChI is InChI=1S/C15H20N2O3S/c1-2-8-16-9-15(18)17(12-6-4-3-5-7-12)14-11-21(19,20)10-13(14)16/h3-7,13-14H,2,8-11H2,1H3/t13-,14+/m0/s1. The summed E-state index contributed by atoms with van der Waals surface area (Å²) in [7, 11) is -3.08. The number of nitrogens with zero attached hydrogens (tertiary/aromatic N) is 2. The molecular weight excluding hydrogens is 288 g/mol. The second-order valence-electron chi connectivity index (χ2n) is 5.78. The maximum Gasteiger partial charge on any atom is 0.241 e. The molecule has 114 valence electrons. The van der Waals surface area contributed by atoms with Gasteiger partial charge in [-0.05, 0) is 25.1 Å². The summed E-state index contributed by atoms with van der Waals surface area (Å²) in [6.07, 6.45) is 0.919. The van der Waals surface area contributed by atoms with Crippen molar-refractivity contribution in [2.45, 2.75) is 25.4 Å². The van der Waals surface area contributed by atoms with Crippen molar-refractivity contribution in [1.29, 1.82) is 0 Å². The third kappa shape index (κ3) is 2.70. The molecule has 0 bridgehead atoms. The first kappa shape index (κ1) is 14.5. The van der Waals surface area contributed by atoms with E-state index in [0.717, 1.165) is 18.7 Å². The summed E-state index contributed by atoms with van der Waals surface area (Å²) in [6.45, 7) is 3.12. The largest absolute Gasteiger partial charge is 0.306 e. The lowest BCUT2D eigenvalue weighted by Crippen LogP contribution is -2.62. The van der Waals surface area contributed by atoms with E-state index in [1.807, 2.05) is 42.2 Å². The quantitative estimate of drug-likeness (QED) is 0.833. The number of carbonyl (C=O) groups excluding carboxylic acids is 1. The minimum atomic E-state index is -3.08. The molecular formula is C15H20N2O3S. The number of amides is 1. The van der Waals surface area contributed by atoms with Gasteiger partial charge in [0.05, 0.1) is 24.1 Å². The molecule has 1 aromatic rings. The van der Waals surface area contributed by atoms with Crippen LogP contribution in [-0.2, 0) is 14.6 Å². The molecule has 0 saturated carbocycles. The van der Waals surface area contributed by atoms with E-state index in [1.165, 1.54) is 0 Å². The zero-order chi connectivity index (χ0) is 15.0. The van der Waals surface area contributed by atoms with Crippen molar-refractivity contribution in [2.75, 3.05) is 29.5 Å². The third-order valence-electron chi connectivity index (χ3n) is 4.25. The first-order valence-electron chi connectivity index (χ1n) is 7.33. The fourth-order valence-corrected chi connectivity index (χ4v) is 5.40. The van der Waals surface area contributed by atoms with E-state index in [2.05, 4.69) is 0 Å². The van der Waals surface area contributed by atoms with Crippen LogP contribution in [-0.4, -0.2) is 55.9 Å². The molecule has 0 unspecified atom stereocenters. The Morgan fingerprint density at radius 3 is 2.48 bits per heavy atom. The first-order chi connectivity index (χ1) is 10.0. The van der Waals surface area contributed by atoms with Crippen molar-refractivity contribution >= 4 is 21.4 Å². The summed E-state index contributed by atoms with van der Waals surface area (Å²) in [5.74, 6) is 0.222. The van der Waals surface area contributed by atoms with Gasteiger partial charge in [-0.3, -0.25) is 9.69 Å². The summed E-state index contributed by atoms with van der Waals surface area (Å²) in [4.78, 5) is 16.3. The summed E-state index contributed by atoms with van der Waals surface area (Å²) in [5, 5.41) is 0. The van der Waals surface area contributed by atoms with Gasteiger partial charge < -0.3 is 4.90 Å². The second kappa shape index (κ2) is 5.42. The molecule has 0 N–H and O–H groups in total. The lowest BCUT2D eigenvalue weighted by atomic mass is 10.0. The number of carbonyl (C=O) groups is 1. The van der Waals surface area contributed by atoms with Crippen molar-refractivity contribution in [1.82, 2.24) is 4.90 Å². The van der Waals surface area contributed by atoms with Crippen LogP contribution in [0.5, 0.6) is 0 Å². The number of piperazine rings is 1. The van der Waals surface area contributed by atoms with Gasteiger partial charge in [0.2, 0.25) is 5.91 Å². The first-order valence-corrected chi connectivity index (χ1v) is 9.15. The molecule has 2 saturated heterocycles. The molecule has 1 amide bonds. The van der Waals surface area contributed by atoms with Crippen molar-refractivity contribution in [3.63, 3.8) is 0 Å². The third-order valence-corrected chi connectivity index (χ3v) is 5.95. The topological polar surface area (TPSA) is 57.7 Å². The fourth-order valence-electron chi connectivity index (χ4n) is 3.41. The van der Waals surface area contributed by atoms with Crippen molar-refractivity contribution < 1.29 is 13.2 Å². The number of anilines is 1. The van der Waals surface area contributed by atoms with Crippen LogP contribution in [0.3, 0.4) is 0 Å². The van der Waals surface area contributed by atoms with Gasteiger partial charge in [0.1, 0.15) is 0 Å². The Kier molecular flexibility index (Phi) is 3.75. The van der Waals surface area contributed by atoms with Gasteiger partial charge in [-0.15, -0.1) is 0 Å². The highest BCUT2D eigenvalue weighted by atomic mass is 32.2. The maximum atomic E-state index is 12.5. The van der Waals surface area contributed by atoms with E-state index in [-0.39, 0.29) is 29.5 Å². The molecule has 0 aromatic heterocycles. The number of sulfone groups is 1. The molecule has 2 heterocycles. The Labute approximate surface area is 125 Å². The lowest BCUT2D eigenvalue weighted by Gasteiger charge is -2.43. The molecule has 5 nitrogen and oxygen atoms in total. The Morgan fingerprint density at radius 1 is 1.14 bits per heavy atom. The molecule has 21 heavy (non-hydrogen) atoms. The number of fused-ring (bicyclic) bond motifs is 1. The molecule has 0 radical (unpaired) electrons. The van der Waals surface area contributed by atoms with E-state index in [4.69, 9.17) is 0 Å². The summed E-state index contributed by atoms with van der Waals surface area (Å²) < 4.78 is 24.1. The average Bonchev–Trinajstić information content (AvgIpc) is 2.75. The molecule has 2 fully saturated rings. The number of hydrogen-bond donors (Lipinski definition) is 0. The van der Waals surface area contributed by atoms with Crippen LogP contribution < -0.4 is 4.90 Å². The summed E-state index contributed by atoms with van der Waals surface area (Å²) >= 11 is 0. The molecule has 2 aliphatic heterocycles. The monoisotopic (exact) mass is 308 g/mol. The summed E-state index contributed by atoms with van der Waals surface area (Å²) in [5.41, 5.74) is 0.797. The molecule has 2 aliphatic rings. The average molecular weight is 308 g/mol. The Balaban J connectivity index is 1.97. The Hall–Kier alpha value is -1.40. The van der Waals surface area contributed by atoms with Crippen LogP contribution in [0.15, 0.2) is 30.3 Å². The fraction of sp³-hybridized carbons (Fsp3) is 0.533. The van der Waals surface area contributed by atoms with Crippen molar-refractivity contribution in [3.8, 4) is 0 Å². The van der Waals surface area contributed by atoms with Crippen LogP contribution in [0.1, 0.15) is 13.3 Å². The number of rotatable bonds is 3. The predicted octanol–water partition coefficient (Wildman–Crippen LogP) is 0.911. The van der Waals surface area contributed by atoms with Crippen LogP contribution >= 0.6 is 0 Å². The molecule has 6 heteroatoms. The van der Waals surface area contributed by atoms with Crippen molar-refractivity contribution in [3.05, 3.63) is 30.3 Å². The molecule has 1 aromatic carbocycles. The molecule has 0 spiro atoms. The van der Waals surface area contributed by atoms with E-state index < -0.39 is 9.84 Å². The van der Waals surface area contributed by atoms with Gasteiger partial charge in [0.25, 0.3) is 0 Å². The molecule has 3 rings (SSSR count). The van der Waals surface area contributed by atoms with E-state index in [9.17, 15) is 13.2 Å². The Bertz CT molecular complexity index is 630.